The van der Waals surface area contributed by atoms with Crippen LogP contribution in [0.4, 0.5) is 11.4 Å². The third-order valence-electron chi connectivity index (χ3n) is 4.45. The second-order valence-electron chi connectivity index (χ2n) is 6.12. The SMILES string of the molecule is Cc1cccc(N2C[C@@H](C(=O)Nc3cccc(Cl)c3)CC2=O)c1C. The Morgan fingerprint density at radius 1 is 1.21 bits per heavy atom. The van der Waals surface area contributed by atoms with E-state index in [1.54, 1.807) is 29.2 Å². The number of anilines is 2. The number of nitrogens with one attached hydrogen (secondary N) is 1. The van der Waals surface area contributed by atoms with Gasteiger partial charge in [-0.05, 0) is 49.2 Å². The Bertz CT molecular complexity index is 804. The van der Waals surface area contributed by atoms with Gasteiger partial charge in [-0.25, -0.2) is 0 Å². The first kappa shape index (κ1) is 16.5. The second-order valence-corrected chi connectivity index (χ2v) is 6.56. The zero-order chi connectivity index (χ0) is 17.3. The molecule has 1 atom stereocenters. The van der Waals surface area contributed by atoms with Gasteiger partial charge in [0.2, 0.25) is 11.8 Å². The van der Waals surface area contributed by atoms with E-state index in [1.807, 2.05) is 32.0 Å². The van der Waals surface area contributed by atoms with Crippen LogP contribution in [-0.2, 0) is 9.59 Å². The van der Waals surface area contributed by atoms with Crippen LogP contribution < -0.4 is 10.2 Å². The highest BCUT2D eigenvalue weighted by molar-refractivity contribution is 6.30. The summed E-state index contributed by atoms with van der Waals surface area (Å²) in [5.41, 5.74) is 3.73. The Balaban J connectivity index is 1.74. The summed E-state index contributed by atoms with van der Waals surface area (Å²) in [5, 5.41) is 3.40. The maximum absolute atomic E-state index is 12.5. The molecule has 1 saturated heterocycles. The number of nitrogens with zero attached hydrogens (tertiary/aromatic N) is 1. The van der Waals surface area contributed by atoms with E-state index >= 15 is 0 Å². The van der Waals surface area contributed by atoms with Gasteiger partial charge in [0.25, 0.3) is 0 Å². The summed E-state index contributed by atoms with van der Waals surface area (Å²) in [7, 11) is 0. The molecule has 0 radical (unpaired) electrons. The maximum Gasteiger partial charge on any atom is 0.229 e. The van der Waals surface area contributed by atoms with Crippen LogP contribution in [0.5, 0.6) is 0 Å². The molecule has 0 saturated carbocycles. The average molecular weight is 343 g/mol. The fourth-order valence-corrected chi connectivity index (χ4v) is 3.14. The van der Waals surface area contributed by atoms with Crippen molar-refractivity contribution < 1.29 is 9.59 Å². The van der Waals surface area contributed by atoms with Gasteiger partial charge in [-0.15, -0.1) is 0 Å². The van der Waals surface area contributed by atoms with Gasteiger partial charge in [-0.3, -0.25) is 9.59 Å². The molecule has 4 nitrogen and oxygen atoms in total. The quantitative estimate of drug-likeness (QED) is 0.918. The molecule has 2 aromatic carbocycles. The first-order valence-electron chi connectivity index (χ1n) is 7.88. The van der Waals surface area contributed by atoms with Crippen molar-refractivity contribution in [1.29, 1.82) is 0 Å². The minimum Gasteiger partial charge on any atom is -0.326 e. The minimum atomic E-state index is -0.364. The monoisotopic (exact) mass is 342 g/mol. The fraction of sp³-hybridized carbons (Fsp3) is 0.263. The Kier molecular flexibility index (Phi) is 4.58. The summed E-state index contributed by atoms with van der Waals surface area (Å²) in [5.74, 6) is -0.537. The molecule has 3 rings (SSSR count). The topological polar surface area (TPSA) is 49.4 Å². The third kappa shape index (κ3) is 3.29. The van der Waals surface area contributed by atoms with Crippen LogP contribution in [0.1, 0.15) is 17.5 Å². The highest BCUT2D eigenvalue weighted by Gasteiger charge is 2.35. The number of carbonyl (C=O) groups is 2. The molecule has 2 aromatic rings. The van der Waals surface area contributed by atoms with Gasteiger partial charge < -0.3 is 10.2 Å². The van der Waals surface area contributed by atoms with Gasteiger partial charge in [0.05, 0.1) is 5.92 Å². The van der Waals surface area contributed by atoms with Gasteiger partial charge in [-0.1, -0.05) is 29.8 Å². The van der Waals surface area contributed by atoms with E-state index in [0.717, 1.165) is 16.8 Å². The zero-order valence-electron chi connectivity index (χ0n) is 13.7. The molecule has 0 aliphatic carbocycles. The van der Waals surface area contributed by atoms with Crippen molar-refractivity contribution in [3.05, 3.63) is 58.6 Å². The Morgan fingerprint density at radius 3 is 2.71 bits per heavy atom. The molecule has 0 bridgehead atoms. The molecule has 0 unspecified atom stereocenters. The van der Waals surface area contributed by atoms with E-state index in [0.29, 0.717) is 17.3 Å². The van der Waals surface area contributed by atoms with E-state index in [4.69, 9.17) is 11.6 Å². The molecule has 5 heteroatoms. The lowest BCUT2D eigenvalue weighted by molar-refractivity contribution is -0.122. The summed E-state index contributed by atoms with van der Waals surface area (Å²) in [6, 6.07) is 12.9. The standard InChI is InChI=1S/C19H19ClN2O2/c1-12-5-3-8-17(13(12)2)22-11-14(9-18(22)23)19(24)21-16-7-4-6-15(20)10-16/h3-8,10,14H,9,11H2,1-2H3,(H,21,24)/t14-/m0/s1. The summed E-state index contributed by atoms with van der Waals surface area (Å²) < 4.78 is 0. The van der Waals surface area contributed by atoms with Gasteiger partial charge >= 0.3 is 0 Å². The van der Waals surface area contributed by atoms with E-state index in [9.17, 15) is 9.59 Å². The maximum atomic E-state index is 12.5. The summed E-state index contributed by atoms with van der Waals surface area (Å²) >= 11 is 5.93. The number of hydrogen-bond acceptors (Lipinski definition) is 2. The molecular formula is C19H19ClN2O2. The number of benzene rings is 2. The lowest BCUT2D eigenvalue weighted by Gasteiger charge is -2.20. The molecule has 1 fully saturated rings. The first-order valence-corrected chi connectivity index (χ1v) is 8.26. The van der Waals surface area contributed by atoms with Gasteiger partial charge in [0.1, 0.15) is 0 Å². The highest BCUT2D eigenvalue weighted by Crippen LogP contribution is 2.30. The number of amides is 2. The van der Waals surface area contributed by atoms with Gasteiger partial charge in [0, 0.05) is 29.4 Å². The molecule has 0 aromatic heterocycles. The van der Waals surface area contributed by atoms with Crippen LogP contribution in [0.3, 0.4) is 0 Å². The number of hydrogen-bond donors (Lipinski definition) is 1. The van der Waals surface area contributed by atoms with E-state index in [-0.39, 0.29) is 24.2 Å². The lowest BCUT2D eigenvalue weighted by atomic mass is 10.1. The van der Waals surface area contributed by atoms with Gasteiger partial charge in [-0.2, -0.15) is 0 Å². The van der Waals surface area contributed by atoms with Crippen molar-refractivity contribution in [1.82, 2.24) is 0 Å². The van der Waals surface area contributed by atoms with Crippen LogP contribution >= 0.6 is 11.6 Å². The van der Waals surface area contributed by atoms with Crippen molar-refractivity contribution in [2.75, 3.05) is 16.8 Å². The average Bonchev–Trinajstić information content (AvgIpc) is 2.92. The van der Waals surface area contributed by atoms with E-state index < -0.39 is 0 Å². The Labute approximate surface area is 146 Å². The fourth-order valence-electron chi connectivity index (χ4n) is 2.95. The molecule has 1 N–H and O–H groups in total. The normalized spacial score (nSPS) is 17.2. The van der Waals surface area contributed by atoms with Gasteiger partial charge in [0.15, 0.2) is 0 Å². The molecule has 1 aliphatic rings. The van der Waals surface area contributed by atoms with Crippen molar-refractivity contribution in [2.45, 2.75) is 20.3 Å². The van der Waals surface area contributed by atoms with Crippen molar-refractivity contribution >= 4 is 34.8 Å². The van der Waals surface area contributed by atoms with Crippen molar-refractivity contribution in [2.24, 2.45) is 5.92 Å². The second kappa shape index (κ2) is 6.65. The predicted octanol–water partition coefficient (Wildman–Crippen LogP) is 3.95. The van der Waals surface area contributed by atoms with Crippen LogP contribution in [0.2, 0.25) is 5.02 Å². The molecule has 0 spiro atoms. The predicted molar refractivity (Wildman–Crippen MR) is 96.5 cm³/mol. The first-order chi connectivity index (χ1) is 11.5. The molecule has 1 heterocycles. The van der Waals surface area contributed by atoms with E-state index in [1.165, 1.54) is 0 Å². The number of carbonyl (C=O) groups excluding carboxylic acids is 2. The summed E-state index contributed by atoms with van der Waals surface area (Å²) in [6.07, 6.45) is 0.222. The Morgan fingerprint density at radius 2 is 1.96 bits per heavy atom. The summed E-state index contributed by atoms with van der Waals surface area (Å²) in [6.45, 7) is 4.41. The van der Waals surface area contributed by atoms with Crippen LogP contribution in [0, 0.1) is 19.8 Å². The van der Waals surface area contributed by atoms with Crippen LogP contribution in [-0.4, -0.2) is 18.4 Å². The van der Waals surface area contributed by atoms with E-state index in [2.05, 4.69) is 5.32 Å². The minimum absolute atomic E-state index is 0.0186. The number of rotatable bonds is 3. The largest absolute Gasteiger partial charge is 0.326 e. The summed E-state index contributed by atoms with van der Waals surface area (Å²) in [4.78, 5) is 26.6. The Hall–Kier alpha value is -2.33. The zero-order valence-corrected chi connectivity index (χ0v) is 14.4. The van der Waals surface area contributed by atoms with Crippen LogP contribution in [0.25, 0.3) is 0 Å². The molecule has 1 aliphatic heterocycles. The molecular weight excluding hydrogens is 324 g/mol. The molecule has 24 heavy (non-hydrogen) atoms. The molecule has 2 amide bonds. The highest BCUT2D eigenvalue weighted by atomic mass is 35.5. The molecule has 124 valence electrons. The van der Waals surface area contributed by atoms with Crippen LogP contribution in [0.15, 0.2) is 42.5 Å². The van der Waals surface area contributed by atoms with Crippen molar-refractivity contribution in [3.63, 3.8) is 0 Å². The number of aryl methyl sites for hydroxylation is 1. The third-order valence-corrected chi connectivity index (χ3v) is 4.69. The smallest absolute Gasteiger partial charge is 0.229 e. The lowest BCUT2D eigenvalue weighted by Crippen LogP contribution is -2.28. The number of halogens is 1. The van der Waals surface area contributed by atoms with Crippen molar-refractivity contribution in [3.8, 4) is 0 Å².